The summed E-state index contributed by atoms with van der Waals surface area (Å²) in [5.74, 6) is 0. The molecule has 0 fully saturated rings. The Morgan fingerprint density at radius 2 is 2.00 bits per heavy atom. The molecule has 0 saturated carbocycles. The summed E-state index contributed by atoms with van der Waals surface area (Å²) in [4.78, 5) is 3.33. The molecule has 0 radical (unpaired) electrons. The smallest absolute Gasteiger partial charge is 0.0456 e. The number of fused-ring (bicyclic) bond motifs is 1. The molecule has 1 aromatic carbocycles. The van der Waals surface area contributed by atoms with Crippen LogP contribution in [0.3, 0.4) is 0 Å². The molecular formula is C14H20N2. The van der Waals surface area contributed by atoms with E-state index in [0.717, 1.165) is 13.0 Å². The molecule has 1 aromatic heterocycles. The van der Waals surface area contributed by atoms with Gasteiger partial charge >= 0.3 is 0 Å². The number of aromatic amines is 1. The molecule has 2 heteroatoms. The Balaban J connectivity index is 2.27. The number of benzene rings is 1. The van der Waals surface area contributed by atoms with Crippen LogP contribution < -0.4 is 5.32 Å². The Hall–Kier alpha value is -1.28. The van der Waals surface area contributed by atoms with E-state index in [0.29, 0.717) is 5.41 Å². The van der Waals surface area contributed by atoms with Crippen molar-refractivity contribution in [2.24, 2.45) is 5.41 Å². The first-order chi connectivity index (χ1) is 7.62. The SMILES string of the molecule is CNCC(C)(C)Cc1c[nH]c2ccccc12. The van der Waals surface area contributed by atoms with Crippen LogP contribution in [0.25, 0.3) is 10.9 Å². The van der Waals surface area contributed by atoms with Crippen LogP contribution in [-0.2, 0) is 6.42 Å². The van der Waals surface area contributed by atoms with E-state index in [-0.39, 0.29) is 0 Å². The first kappa shape index (κ1) is 11.2. The Bertz CT molecular complexity index is 468. The summed E-state index contributed by atoms with van der Waals surface area (Å²) in [6.45, 7) is 5.63. The fraction of sp³-hybridized carbons (Fsp3) is 0.429. The lowest BCUT2D eigenvalue weighted by atomic mass is 9.85. The number of aromatic nitrogens is 1. The lowest BCUT2D eigenvalue weighted by molar-refractivity contribution is 0.351. The zero-order valence-electron chi connectivity index (χ0n) is 10.3. The molecule has 0 aliphatic rings. The van der Waals surface area contributed by atoms with Gasteiger partial charge in [-0.15, -0.1) is 0 Å². The summed E-state index contributed by atoms with van der Waals surface area (Å²) in [5.41, 5.74) is 2.94. The van der Waals surface area contributed by atoms with Crippen molar-refractivity contribution in [3.8, 4) is 0 Å². The normalized spacial score (nSPS) is 12.2. The van der Waals surface area contributed by atoms with Crippen molar-refractivity contribution in [3.05, 3.63) is 36.0 Å². The summed E-state index contributed by atoms with van der Waals surface area (Å²) in [6.07, 6.45) is 3.24. The van der Waals surface area contributed by atoms with Gasteiger partial charge in [-0.05, 0) is 30.5 Å². The van der Waals surface area contributed by atoms with Gasteiger partial charge in [0, 0.05) is 23.6 Å². The summed E-state index contributed by atoms with van der Waals surface area (Å²) in [7, 11) is 2.01. The zero-order chi connectivity index (χ0) is 11.6. The van der Waals surface area contributed by atoms with Gasteiger partial charge in [-0.3, -0.25) is 0 Å². The van der Waals surface area contributed by atoms with E-state index in [1.165, 1.54) is 16.5 Å². The molecule has 0 bridgehead atoms. The van der Waals surface area contributed by atoms with Gasteiger partial charge in [0.05, 0.1) is 0 Å². The van der Waals surface area contributed by atoms with Gasteiger partial charge in [-0.1, -0.05) is 32.0 Å². The largest absolute Gasteiger partial charge is 0.361 e. The van der Waals surface area contributed by atoms with E-state index < -0.39 is 0 Å². The van der Waals surface area contributed by atoms with Crippen LogP contribution in [0, 0.1) is 5.41 Å². The highest BCUT2D eigenvalue weighted by atomic mass is 14.8. The van der Waals surface area contributed by atoms with Crippen molar-refractivity contribution in [2.75, 3.05) is 13.6 Å². The number of hydrogen-bond acceptors (Lipinski definition) is 1. The molecule has 0 amide bonds. The van der Waals surface area contributed by atoms with Crippen LogP contribution >= 0.6 is 0 Å². The van der Waals surface area contributed by atoms with Crippen LogP contribution in [0.1, 0.15) is 19.4 Å². The van der Waals surface area contributed by atoms with Crippen molar-refractivity contribution in [3.63, 3.8) is 0 Å². The summed E-state index contributed by atoms with van der Waals surface area (Å²) in [5, 5.41) is 4.61. The third kappa shape index (κ3) is 2.27. The summed E-state index contributed by atoms with van der Waals surface area (Å²) in [6, 6.07) is 8.49. The average molecular weight is 216 g/mol. The molecule has 16 heavy (non-hydrogen) atoms. The minimum atomic E-state index is 0.291. The van der Waals surface area contributed by atoms with Gasteiger partial charge in [0.25, 0.3) is 0 Å². The van der Waals surface area contributed by atoms with Crippen molar-refractivity contribution < 1.29 is 0 Å². The van der Waals surface area contributed by atoms with E-state index in [2.05, 4.69) is 54.6 Å². The second kappa shape index (κ2) is 4.30. The van der Waals surface area contributed by atoms with Gasteiger partial charge in [-0.25, -0.2) is 0 Å². The van der Waals surface area contributed by atoms with Crippen LogP contribution in [0.2, 0.25) is 0 Å². The highest BCUT2D eigenvalue weighted by Crippen LogP contribution is 2.26. The fourth-order valence-corrected chi connectivity index (χ4v) is 2.33. The monoisotopic (exact) mass is 216 g/mol. The fourth-order valence-electron chi connectivity index (χ4n) is 2.33. The Kier molecular flexibility index (Phi) is 3.01. The van der Waals surface area contributed by atoms with Crippen LogP contribution in [-0.4, -0.2) is 18.6 Å². The number of hydrogen-bond donors (Lipinski definition) is 2. The molecule has 0 spiro atoms. The van der Waals surface area contributed by atoms with Crippen LogP contribution in [0.15, 0.2) is 30.5 Å². The Morgan fingerprint density at radius 3 is 2.75 bits per heavy atom. The van der Waals surface area contributed by atoms with Crippen molar-refractivity contribution >= 4 is 10.9 Å². The maximum absolute atomic E-state index is 3.33. The minimum absolute atomic E-state index is 0.291. The van der Waals surface area contributed by atoms with Gasteiger partial charge in [0.1, 0.15) is 0 Å². The molecule has 2 nitrogen and oxygen atoms in total. The zero-order valence-corrected chi connectivity index (χ0v) is 10.3. The molecule has 0 unspecified atom stereocenters. The second-order valence-corrected chi connectivity index (χ2v) is 5.23. The Morgan fingerprint density at radius 1 is 1.25 bits per heavy atom. The molecule has 2 aromatic rings. The van der Waals surface area contributed by atoms with E-state index in [4.69, 9.17) is 0 Å². The number of para-hydroxylation sites is 1. The molecule has 2 rings (SSSR count). The molecular weight excluding hydrogens is 196 g/mol. The van der Waals surface area contributed by atoms with E-state index >= 15 is 0 Å². The second-order valence-electron chi connectivity index (χ2n) is 5.23. The highest BCUT2D eigenvalue weighted by molar-refractivity contribution is 5.83. The average Bonchev–Trinajstić information content (AvgIpc) is 2.61. The molecule has 1 heterocycles. The quantitative estimate of drug-likeness (QED) is 0.808. The summed E-state index contributed by atoms with van der Waals surface area (Å²) < 4.78 is 0. The first-order valence-electron chi connectivity index (χ1n) is 5.82. The lowest BCUT2D eigenvalue weighted by Crippen LogP contribution is -2.28. The molecule has 0 aliphatic carbocycles. The first-order valence-corrected chi connectivity index (χ1v) is 5.82. The van der Waals surface area contributed by atoms with E-state index in [1.807, 2.05) is 7.05 Å². The lowest BCUT2D eigenvalue weighted by Gasteiger charge is -2.23. The van der Waals surface area contributed by atoms with Crippen molar-refractivity contribution in [2.45, 2.75) is 20.3 Å². The predicted octanol–water partition coefficient (Wildman–Crippen LogP) is 2.96. The van der Waals surface area contributed by atoms with Crippen LogP contribution in [0.5, 0.6) is 0 Å². The van der Waals surface area contributed by atoms with E-state index in [1.54, 1.807) is 0 Å². The van der Waals surface area contributed by atoms with Crippen molar-refractivity contribution in [1.82, 2.24) is 10.3 Å². The Labute approximate surface area is 97.1 Å². The maximum Gasteiger partial charge on any atom is 0.0456 e. The standard InChI is InChI=1S/C14H20N2/c1-14(2,10-15-3)8-11-9-16-13-7-5-4-6-12(11)13/h4-7,9,15-16H,8,10H2,1-3H3. The van der Waals surface area contributed by atoms with Gasteiger partial charge in [0.15, 0.2) is 0 Å². The predicted molar refractivity (Wildman–Crippen MR) is 69.7 cm³/mol. The minimum Gasteiger partial charge on any atom is -0.361 e. The molecule has 0 saturated heterocycles. The topological polar surface area (TPSA) is 27.8 Å². The van der Waals surface area contributed by atoms with Crippen molar-refractivity contribution in [1.29, 1.82) is 0 Å². The summed E-state index contributed by atoms with van der Waals surface area (Å²) >= 11 is 0. The van der Waals surface area contributed by atoms with E-state index in [9.17, 15) is 0 Å². The van der Waals surface area contributed by atoms with Crippen LogP contribution in [0.4, 0.5) is 0 Å². The molecule has 0 atom stereocenters. The molecule has 0 aliphatic heterocycles. The maximum atomic E-state index is 3.33. The highest BCUT2D eigenvalue weighted by Gasteiger charge is 2.19. The number of rotatable bonds is 4. The molecule has 2 N–H and O–H groups in total. The third-order valence-electron chi connectivity index (χ3n) is 3.00. The number of nitrogens with one attached hydrogen (secondary N) is 2. The van der Waals surface area contributed by atoms with Gasteiger partial charge in [0.2, 0.25) is 0 Å². The van der Waals surface area contributed by atoms with Gasteiger partial charge < -0.3 is 10.3 Å². The number of H-pyrrole nitrogens is 1. The van der Waals surface area contributed by atoms with Gasteiger partial charge in [-0.2, -0.15) is 0 Å². The molecule has 86 valence electrons. The third-order valence-corrected chi connectivity index (χ3v) is 3.00.